The molecule has 0 aliphatic carbocycles. The molecule has 2 rings (SSSR count). The van der Waals surface area contributed by atoms with Crippen LogP contribution in [0.1, 0.15) is 20.7 Å². The number of hydrogen-bond acceptors (Lipinski definition) is 7. The molecule has 7 nitrogen and oxygen atoms in total. The Morgan fingerprint density at radius 2 is 1.42 bits per heavy atom. The van der Waals surface area contributed by atoms with E-state index < -0.39 is 38.1 Å². The van der Waals surface area contributed by atoms with Crippen molar-refractivity contribution in [3.8, 4) is 0 Å². The van der Waals surface area contributed by atoms with Gasteiger partial charge in [0.05, 0.1) is 16.0 Å². The van der Waals surface area contributed by atoms with Gasteiger partial charge in [-0.1, -0.05) is 6.07 Å². The van der Waals surface area contributed by atoms with Gasteiger partial charge in [0, 0.05) is 0 Å². The van der Waals surface area contributed by atoms with Gasteiger partial charge in [-0.2, -0.15) is 0 Å². The number of rotatable bonds is 1. The van der Waals surface area contributed by atoms with E-state index in [-0.39, 0.29) is 42.8 Å². The molecular weight excluding hydrogens is 287 g/mol. The number of benzene rings is 1. The third-order valence-electron chi connectivity index (χ3n) is 2.25. The number of carbonyl (C=O) groups excluding carboxylic acids is 2. The second-order valence-corrected chi connectivity index (χ2v) is 4.72. The van der Waals surface area contributed by atoms with Crippen molar-refractivity contribution in [3.63, 3.8) is 0 Å². The molecule has 0 N–H and O–H groups in total. The fourth-order valence-corrected chi connectivity index (χ4v) is 2.39. The summed E-state index contributed by atoms with van der Waals surface area (Å²) in [7, 11) is -5.00. The minimum absolute atomic E-state index is 0. The molecule has 0 radical (unpaired) electrons. The third kappa shape index (κ3) is 3.34. The van der Waals surface area contributed by atoms with Crippen LogP contribution in [0.15, 0.2) is 23.1 Å². The maximum Gasteiger partial charge on any atom is 1.00 e. The molecule has 1 aromatic carbocycles. The largest absolute Gasteiger partial charge is 1.00 e. The average Bonchev–Trinajstić information content (AvgIpc) is 2.34. The van der Waals surface area contributed by atoms with E-state index in [1.165, 1.54) is 6.07 Å². The minimum Gasteiger partial charge on any atom is -0.744 e. The summed E-state index contributed by atoms with van der Waals surface area (Å²) < 4.78 is 42.8. The van der Waals surface area contributed by atoms with Crippen molar-refractivity contribution in [3.05, 3.63) is 29.3 Å². The topological polar surface area (TPSA) is 110 Å². The summed E-state index contributed by atoms with van der Waals surface area (Å²) in [5, 5.41) is 0. The summed E-state index contributed by atoms with van der Waals surface area (Å²) in [6.45, 7) is -0.414. The van der Waals surface area contributed by atoms with Crippen LogP contribution in [0.2, 0.25) is 0 Å². The predicted octanol–water partition coefficient (Wildman–Crippen LogP) is -3.08. The van der Waals surface area contributed by atoms with Crippen LogP contribution >= 0.6 is 0 Å². The van der Waals surface area contributed by atoms with Gasteiger partial charge in [-0.05, 0) is 12.1 Å². The fourth-order valence-electron chi connectivity index (χ4n) is 1.55. The molecular formula is C10H7NaO7S. The second kappa shape index (κ2) is 6.02. The summed E-state index contributed by atoms with van der Waals surface area (Å²) in [6.07, 6.45) is 0. The van der Waals surface area contributed by atoms with Gasteiger partial charge in [0.2, 0.25) is 0 Å². The molecule has 1 aromatic rings. The molecule has 0 amide bonds. The molecule has 0 saturated carbocycles. The van der Waals surface area contributed by atoms with Crippen LogP contribution in [0.3, 0.4) is 0 Å². The van der Waals surface area contributed by atoms with E-state index in [9.17, 15) is 22.6 Å². The van der Waals surface area contributed by atoms with E-state index in [0.717, 1.165) is 12.1 Å². The van der Waals surface area contributed by atoms with Crippen molar-refractivity contribution in [1.29, 1.82) is 0 Å². The van der Waals surface area contributed by atoms with Crippen molar-refractivity contribution in [2.24, 2.45) is 0 Å². The van der Waals surface area contributed by atoms with Gasteiger partial charge >= 0.3 is 41.5 Å². The Labute approximate surface area is 130 Å². The molecule has 0 aromatic heterocycles. The van der Waals surface area contributed by atoms with E-state index in [1.54, 1.807) is 0 Å². The molecule has 0 atom stereocenters. The van der Waals surface area contributed by atoms with Crippen molar-refractivity contribution in [1.82, 2.24) is 0 Å². The van der Waals surface area contributed by atoms with Gasteiger partial charge in [-0.15, -0.1) is 0 Å². The number of fused-ring (bicyclic) bond motifs is 2. The first kappa shape index (κ1) is 16.1. The summed E-state index contributed by atoms with van der Waals surface area (Å²) in [4.78, 5) is 22.2. The zero-order chi connectivity index (χ0) is 13.3. The molecule has 1 heterocycles. The van der Waals surface area contributed by atoms with Crippen LogP contribution in [0.25, 0.3) is 0 Å². The SMILES string of the molecule is O=C1OCCOC(=O)c2cccc1c2S(=O)(=O)[O-].[Na+]. The average molecular weight is 294 g/mol. The normalized spacial score (nSPS) is 15.2. The van der Waals surface area contributed by atoms with Crippen LogP contribution in [0, 0.1) is 0 Å². The predicted molar refractivity (Wildman–Crippen MR) is 55.0 cm³/mol. The molecule has 0 saturated heterocycles. The standard InChI is InChI=1S/C10H8O7S.Na/c11-9-6-2-1-3-7(8(6)18(13,14)15)10(12)17-5-4-16-9;/h1-3H,4-5H2,(H,13,14,15);/q;+1/p-1. The molecule has 1 aliphatic heterocycles. The fraction of sp³-hybridized carbons (Fsp3) is 0.200. The summed E-state index contributed by atoms with van der Waals surface area (Å²) in [6, 6.07) is 3.48. The Morgan fingerprint density at radius 1 is 1.00 bits per heavy atom. The van der Waals surface area contributed by atoms with Gasteiger partial charge in [0.1, 0.15) is 23.3 Å². The molecule has 0 spiro atoms. The van der Waals surface area contributed by atoms with Gasteiger partial charge in [-0.25, -0.2) is 18.0 Å². The van der Waals surface area contributed by atoms with E-state index in [2.05, 4.69) is 9.47 Å². The zero-order valence-corrected chi connectivity index (χ0v) is 12.7. The Hall–Kier alpha value is -0.930. The summed E-state index contributed by atoms with van der Waals surface area (Å²) in [5.41, 5.74) is -0.914. The zero-order valence-electron chi connectivity index (χ0n) is 9.91. The minimum atomic E-state index is -5.00. The quantitative estimate of drug-likeness (QED) is 0.307. The van der Waals surface area contributed by atoms with Crippen LogP contribution in [0.5, 0.6) is 0 Å². The molecule has 2 bridgehead atoms. The van der Waals surface area contributed by atoms with Gasteiger partial charge in [-0.3, -0.25) is 0 Å². The first-order valence-electron chi connectivity index (χ1n) is 4.84. The molecule has 96 valence electrons. The van der Waals surface area contributed by atoms with Gasteiger partial charge < -0.3 is 14.0 Å². The number of esters is 2. The third-order valence-corrected chi connectivity index (χ3v) is 3.19. The Morgan fingerprint density at radius 3 is 1.79 bits per heavy atom. The number of hydrogen-bond donors (Lipinski definition) is 0. The van der Waals surface area contributed by atoms with Crippen molar-refractivity contribution in [2.75, 3.05) is 13.2 Å². The maximum absolute atomic E-state index is 11.6. The molecule has 0 unspecified atom stereocenters. The molecule has 9 heteroatoms. The Kier molecular flexibility index (Phi) is 5.11. The number of carbonyl (C=O) groups is 2. The molecule has 19 heavy (non-hydrogen) atoms. The van der Waals surface area contributed by atoms with Crippen LogP contribution in [0.4, 0.5) is 0 Å². The van der Waals surface area contributed by atoms with E-state index in [0.29, 0.717) is 0 Å². The molecule has 1 aliphatic rings. The van der Waals surface area contributed by atoms with E-state index in [1.807, 2.05) is 0 Å². The Balaban J connectivity index is 0.00000180. The van der Waals surface area contributed by atoms with Crippen molar-refractivity contribution >= 4 is 22.1 Å². The van der Waals surface area contributed by atoms with E-state index >= 15 is 0 Å². The van der Waals surface area contributed by atoms with Gasteiger partial charge in [0.15, 0.2) is 0 Å². The maximum atomic E-state index is 11.6. The summed E-state index contributed by atoms with van der Waals surface area (Å²) in [5.74, 6) is -1.96. The van der Waals surface area contributed by atoms with Gasteiger partial charge in [0.25, 0.3) is 0 Å². The number of cyclic esters (lactones) is 2. The van der Waals surface area contributed by atoms with Crippen molar-refractivity contribution in [2.45, 2.75) is 4.90 Å². The smallest absolute Gasteiger partial charge is 0.744 e. The van der Waals surface area contributed by atoms with Crippen LogP contribution < -0.4 is 29.6 Å². The first-order chi connectivity index (χ1) is 8.41. The van der Waals surface area contributed by atoms with Crippen molar-refractivity contribution < 1.29 is 61.6 Å². The van der Waals surface area contributed by atoms with Crippen LogP contribution in [-0.2, 0) is 19.6 Å². The summed E-state index contributed by atoms with van der Waals surface area (Å²) >= 11 is 0. The second-order valence-electron chi connectivity index (χ2n) is 3.41. The Bertz CT molecular complexity index is 587. The molecule has 0 fully saturated rings. The van der Waals surface area contributed by atoms with E-state index in [4.69, 9.17) is 0 Å². The number of ether oxygens (including phenoxy) is 2. The van der Waals surface area contributed by atoms with Crippen LogP contribution in [-0.4, -0.2) is 38.1 Å². The first-order valence-corrected chi connectivity index (χ1v) is 6.25. The monoisotopic (exact) mass is 294 g/mol.